The van der Waals surface area contributed by atoms with Crippen LogP contribution in [0.25, 0.3) is 5.69 Å². The van der Waals surface area contributed by atoms with Gasteiger partial charge >= 0.3 is 5.97 Å². The summed E-state index contributed by atoms with van der Waals surface area (Å²) in [5.74, 6) is -0.457. The molecule has 0 saturated carbocycles. The van der Waals surface area contributed by atoms with Crippen LogP contribution in [0.2, 0.25) is 0 Å². The lowest BCUT2D eigenvalue weighted by molar-refractivity contribution is 0.0472. The zero-order chi connectivity index (χ0) is 16.1. The summed E-state index contributed by atoms with van der Waals surface area (Å²) in [6, 6.07) is 15.8. The molecule has 3 rings (SSSR count). The maximum Gasteiger partial charge on any atom is 0.338 e. The SMILES string of the molecule is N#Cc1ccccc1COC(=O)c1ccc(-n2cnnn2)cc1. The van der Waals surface area contributed by atoms with Gasteiger partial charge in [-0.15, -0.1) is 5.10 Å². The summed E-state index contributed by atoms with van der Waals surface area (Å²) >= 11 is 0. The summed E-state index contributed by atoms with van der Waals surface area (Å²) in [4.78, 5) is 12.1. The fourth-order valence-corrected chi connectivity index (χ4v) is 2.01. The Morgan fingerprint density at radius 3 is 2.65 bits per heavy atom. The number of aromatic nitrogens is 4. The molecule has 1 aromatic heterocycles. The fourth-order valence-electron chi connectivity index (χ4n) is 2.01. The highest BCUT2D eigenvalue weighted by Gasteiger charge is 2.09. The summed E-state index contributed by atoms with van der Waals surface area (Å²) in [6.07, 6.45) is 1.46. The molecule has 0 saturated heterocycles. The topological polar surface area (TPSA) is 93.7 Å². The second-order valence-corrected chi connectivity index (χ2v) is 4.65. The summed E-state index contributed by atoms with van der Waals surface area (Å²) in [5.41, 5.74) is 2.32. The molecule has 3 aromatic rings. The number of nitrogens with zero attached hydrogens (tertiary/aromatic N) is 5. The molecule has 0 aliphatic rings. The lowest BCUT2D eigenvalue weighted by atomic mass is 10.1. The van der Waals surface area contributed by atoms with Crippen molar-refractivity contribution in [1.82, 2.24) is 20.2 Å². The molecule has 0 amide bonds. The molecule has 1 heterocycles. The number of esters is 1. The third-order valence-corrected chi connectivity index (χ3v) is 3.21. The molecule has 112 valence electrons. The lowest BCUT2D eigenvalue weighted by Gasteiger charge is -2.07. The van der Waals surface area contributed by atoms with Crippen molar-refractivity contribution in [2.45, 2.75) is 6.61 Å². The van der Waals surface area contributed by atoms with Gasteiger partial charge in [-0.05, 0) is 40.8 Å². The van der Waals surface area contributed by atoms with E-state index in [1.54, 1.807) is 48.5 Å². The predicted molar refractivity (Wildman–Crippen MR) is 79.4 cm³/mol. The van der Waals surface area contributed by atoms with Crippen LogP contribution in [-0.2, 0) is 11.3 Å². The van der Waals surface area contributed by atoms with Crippen LogP contribution < -0.4 is 0 Å². The zero-order valence-corrected chi connectivity index (χ0v) is 12.0. The van der Waals surface area contributed by atoms with Gasteiger partial charge in [-0.25, -0.2) is 9.48 Å². The Morgan fingerprint density at radius 2 is 1.96 bits per heavy atom. The Labute approximate surface area is 131 Å². The minimum absolute atomic E-state index is 0.0529. The van der Waals surface area contributed by atoms with Gasteiger partial charge in [0.25, 0.3) is 0 Å². The van der Waals surface area contributed by atoms with Gasteiger partial charge in [-0.1, -0.05) is 18.2 Å². The van der Waals surface area contributed by atoms with Crippen molar-refractivity contribution in [1.29, 1.82) is 5.26 Å². The molecular formula is C16H11N5O2. The molecule has 0 aliphatic heterocycles. The van der Waals surface area contributed by atoms with Crippen LogP contribution in [0.3, 0.4) is 0 Å². The number of hydrogen-bond donors (Lipinski definition) is 0. The van der Waals surface area contributed by atoms with Gasteiger partial charge in [-0.2, -0.15) is 5.26 Å². The Kier molecular flexibility index (Phi) is 4.07. The van der Waals surface area contributed by atoms with Crippen molar-refractivity contribution in [3.05, 3.63) is 71.5 Å². The van der Waals surface area contributed by atoms with Crippen molar-refractivity contribution in [2.75, 3.05) is 0 Å². The normalized spacial score (nSPS) is 10.0. The number of benzene rings is 2. The molecule has 0 N–H and O–H groups in total. The van der Waals surface area contributed by atoms with Crippen LogP contribution in [0.4, 0.5) is 0 Å². The minimum Gasteiger partial charge on any atom is -0.457 e. The minimum atomic E-state index is -0.457. The van der Waals surface area contributed by atoms with Crippen LogP contribution in [-0.4, -0.2) is 26.2 Å². The highest BCUT2D eigenvalue weighted by atomic mass is 16.5. The number of carbonyl (C=O) groups is 1. The van der Waals surface area contributed by atoms with Crippen LogP contribution in [0.15, 0.2) is 54.9 Å². The third kappa shape index (κ3) is 3.22. The van der Waals surface area contributed by atoms with E-state index >= 15 is 0 Å². The van der Waals surface area contributed by atoms with E-state index in [2.05, 4.69) is 21.6 Å². The molecule has 23 heavy (non-hydrogen) atoms. The van der Waals surface area contributed by atoms with E-state index in [1.165, 1.54) is 11.0 Å². The standard InChI is InChI=1S/C16H11N5O2/c17-9-13-3-1-2-4-14(13)10-23-16(22)12-5-7-15(8-6-12)21-11-18-19-20-21/h1-8,11H,10H2. The van der Waals surface area contributed by atoms with Gasteiger partial charge < -0.3 is 4.74 Å². The van der Waals surface area contributed by atoms with E-state index in [0.29, 0.717) is 16.7 Å². The molecule has 0 fully saturated rings. The Bertz CT molecular complexity index is 851. The number of nitriles is 1. The van der Waals surface area contributed by atoms with Crippen molar-refractivity contribution < 1.29 is 9.53 Å². The van der Waals surface area contributed by atoms with Gasteiger partial charge in [0.1, 0.15) is 12.9 Å². The van der Waals surface area contributed by atoms with Gasteiger partial charge in [0.2, 0.25) is 0 Å². The van der Waals surface area contributed by atoms with Crippen molar-refractivity contribution in [3.63, 3.8) is 0 Å². The maximum absolute atomic E-state index is 12.1. The summed E-state index contributed by atoms with van der Waals surface area (Å²) < 4.78 is 6.73. The summed E-state index contributed by atoms with van der Waals surface area (Å²) in [7, 11) is 0. The van der Waals surface area contributed by atoms with Crippen molar-refractivity contribution in [3.8, 4) is 11.8 Å². The monoisotopic (exact) mass is 305 g/mol. The fraction of sp³-hybridized carbons (Fsp3) is 0.0625. The van der Waals surface area contributed by atoms with Crippen molar-refractivity contribution in [2.24, 2.45) is 0 Å². The van der Waals surface area contributed by atoms with E-state index in [1.807, 2.05) is 0 Å². The number of ether oxygens (including phenoxy) is 1. The number of carbonyl (C=O) groups excluding carboxylic acids is 1. The van der Waals surface area contributed by atoms with Gasteiger partial charge in [0, 0.05) is 5.56 Å². The Balaban J connectivity index is 1.68. The van der Waals surface area contributed by atoms with Crippen LogP contribution >= 0.6 is 0 Å². The first kappa shape index (κ1) is 14.4. The van der Waals surface area contributed by atoms with E-state index in [-0.39, 0.29) is 6.61 Å². The molecule has 2 aromatic carbocycles. The molecule has 7 nitrogen and oxygen atoms in total. The molecule has 0 spiro atoms. The average Bonchev–Trinajstić information content (AvgIpc) is 3.14. The molecule has 0 unspecified atom stereocenters. The molecule has 7 heteroatoms. The second kappa shape index (κ2) is 6.49. The molecule has 0 atom stereocenters. The summed E-state index contributed by atoms with van der Waals surface area (Å²) in [5, 5.41) is 19.9. The van der Waals surface area contributed by atoms with Gasteiger partial charge in [-0.3, -0.25) is 0 Å². The number of hydrogen-bond acceptors (Lipinski definition) is 6. The van der Waals surface area contributed by atoms with Crippen LogP contribution in [0, 0.1) is 11.3 Å². The van der Waals surface area contributed by atoms with Gasteiger partial charge in [0.05, 0.1) is 22.9 Å². The van der Waals surface area contributed by atoms with E-state index in [9.17, 15) is 4.79 Å². The first-order valence-corrected chi connectivity index (χ1v) is 6.76. The molecule has 0 bridgehead atoms. The van der Waals surface area contributed by atoms with E-state index < -0.39 is 5.97 Å². The van der Waals surface area contributed by atoms with Crippen LogP contribution in [0.1, 0.15) is 21.5 Å². The quantitative estimate of drug-likeness (QED) is 0.683. The van der Waals surface area contributed by atoms with E-state index in [0.717, 1.165) is 5.69 Å². The van der Waals surface area contributed by atoms with Gasteiger partial charge in [0.15, 0.2) is 0 Å². The number of rotatable bonds is 4. The van der Waals surface area contributed by atoms with Crippen LogP contribution in [0.5, 0.6) is 0 Å². The second-order valence-electron chi connectivity index (χ2n) is 4.65. The average molecular weight is 305 g/mol. The summed E-state index contributed by atoms with van der Waals surface area (Å²) in [6.45, 7) is 0.0529. The first-order chi connectivity index (χ1) is 11.3. The predicted octanol–water partition coefficient (Wildman–Crippen LogP) is 1.89. The Morgan fingerprint density at radius 1 is 1.17 bits per heavy atom. The zero-order valence-electron chi connectivity index (χ0n) is 12.0. The maximum atomic E-state index is 12.1. The highest BCUT2D eigenvalue weighted by Crippen LogP contribution is 2.12. The largest absolute Gasteiger partial charge is 0.457 e. The number of tetrazole rings is 1. The lowest BCUT2D eigenvalue weighted by Crippen LogP contribution is -2.06. The van der Waals surface area contributed by atoms with E-state index in [4.69, 9.17) is 10.00 Å². The van der Waals surface area contributed by atoms with Crippen molar-refractivity contribution >= 4 is 5.97 Å². The molecular weight excluding hydrogens is 294 g/mol. The first-order valence-electron chi connectivity index (χ1n) is 6.76. The smallest absolute Gasteiger partial charge is 0.338 e. The molecule has 0 aliphatic carbocycles. The highest BCUT2D eigenvalue weighted by molar-refractivity contribution is 5.89. The Hall–Kier alpha value is -3.53. The third-order valence-electron chi connectivity index (χ3n) is 3.21. The molecule has 0 radical (unpaired) electrons.